The number of rotatable bonds is 15. The Kier molecular flexibility index (Phi) is 15.6. The predicted octanol–water partition coefficient (Wildman–Crippen LogP) is 11.8. The summed E-state index contributed by atoms with van der Waals surface area (Å²) in [6.07, 6.45) is 4.28. The van der Waals surface area contributed by atoms with Crippen LogP contribution in [0.2, 0.25) is 23.2 Å². The van der Waals surface area contributed by atoms with Gasteiger partial charge in [0.2, 0.25) is 0 Å². The van der Waals surface area contributed by atoms with Crippen molar-refractivity contribution in [3.8, 4) is 11.1 Å². The fourth-order valence-electron chi connectivity index (χ4n) is 8.29. The lowest BCUT2D eigenvalue weighted by atomic mass is 9.86. The fourth-order valence-corrected chi connectivity index (χ4v) is 9.60. The first kappa shape index (κ1) is 50.4. The van der Waals surface area contributed by atoms with Gasteiger partial charge in [0, 0.05) is 43.1 Å². The molecule has 1 fully saturated rings. The molecule has 0 atom stereocenters. The van der Waals surface area contributed by atoms with Crippen LogP contribution in [0.3, 0.4) is 0 Å². The molecule has 3 heterocycles. The zero-order chi connectivity index (χ0) is 49.0. The molecule has 0 saturated heterocycles. The second-order valence-corrected chi connectivity index (χ2v) is 25.8. The van der Waals surface area contributed by atoms with Gasteiger partial charge < -0.3 is 29.4 Å². The minimum absolute atomic E-state index is 0.0345. The summed E-state index contributed by atoms with van der Waals surface area (Å²) < 4.78 is 18.3. The van der Waals surface area contributed by atoms with Crippen LogP contribution < -0.4 is 10.6 Å². The molecule has 0 spiro atoms. The standard InChI is InChI=1S/C54H67ClN6O6Si/c1-35-28-47(57-48-33-60(25-24-41(35)48)39-29-40(30-39)65-34-37-16-12-11-13-17-37)51(63)59-45-21-15-19-43(49(45)55)42-18-14-20-44(36(42)2)58-50(62)46-23-22-38(31-56-46)32-61(52(64)67-53(3,4)5)26-27-66-68(9,10)54(6,7)8/h11-23,28,31,39-40H,24-27,29-30,32-34H2,1-10H3,(H,58,62)(H,59,63). The van der Waals surface area contributed by atoms with Crippen molar-refractivity contribution in [3.05, 3.63) is 141 Å². The second kappa shape index (κ2) is 21.0. The number of benzene rings is 3. The van der Waals surface area contributed by atoms with E-state index in [1.807, 2.05) is 89.2 Å². The van der Waals surface area contributed by atoms with Gasteiger partial charge in [0.1, 0.15) is 17.0 Å². The lowest BCUT2D eigenvalue weighted by Gasteiger charge is -2.44. The topological polar surface area (TPSA) is 135 Å². The van der Waals surface area contributed by atoms with Crippen LogP contribution >= 0.6 is 11.6 Å². The van der Waals surface area contributed by atoms with Crippen molar-refractivity contribution >= 4 is 49.2 Å². The van der Waals surface area contributed by atoms with Crippen LogP contribution in [0.15, 0.2) is 91.1 Å². The molecule has 3 amide bonds. The smallest absolute Gasteiger partial charge is 0.410 e. The number of halogens is 1. The van der Waals surface area contributed by atoms with Gasteiger partial charge in [-0.15, -0.1) is 0 Å². The molecule has 3 aromatic carbocycles. The zero-order valence-electron chi connectivity index (χ0n) is 41.3. The number of pyridine rings is 2. The van der Waals surface area contributed by atoms with Crippen LogP contribution in [0.4, 0.5) is 16.2 Å². The summed E-state index contributed by atoms with van der Waals surface area (Å²) in [5.74, 6) is -0.731. The van der Waals surface area contributed by atoms with Crippen LogP contribution in [0.1, 0.15) is 109 Å². The van der Waals surface area contributed by atoms with E-state index < -0.39 is 25.9 Å². The molecular formula is C54H67ClN6O6Si. The van der Waals surface area contributed by atoms with Crippen molar-refractivity contribution in [2.45, 2.75) is 130 Å². The average molecular weight is 960 g/mol. The molecule has 14 heteroatoms. The lowest BCUT2D eigenvalue weighted by molar-refractivity contribution is -0.0624. The van der Waals surface area contributed by atoms with Gasteiger partial charge in [0.15, 0.2) is 8.32 Å². The van der Waals surface area contributed by atoms with Crippen molar-refractivity contribution in [1.29, 1.82) is 0 Å². The first-order valence-corrected chi connectivity index (χ1v) is 26.9. The number of amides is 3. The number of carbonyl (C=O) groups is 3. The number of aryl methyl sites for hydroxylation is 1. The van der Waals surface area contributed by atoms with Crippen molar-refractivity contribution in [2.24, 2.45) is 0 Å². The highest BCUT2D eigenvalue weighted by atomic mass is 35.5. The predicted molar refractivity (Wildman–Crippen MR) is 273 cm³/mol. The van der Waals surface area contributed by atoms with E-state index in [0.717, 1.165) is 53.8 Å². The Morgan fingerprint density at radius 2 is 1.51 bits per heavy atom. The summed E-state index contributed by atoms with van der Waals surface area (Å²) in [5, 5.41) is 6.44. The Hall–Kier alpha value is -5.44. The molecule has 7 rings (SSSR count). The highest BCUT2D eigenvalue weighted by Gasteiger charge is 2.38. The highest BCUT2D eigenvalue weighted by Crippen LogP contribution is 2.39. The molecule has 68 heavy (non-hydrogen) atoms. The van der Waals surface area contributed by atoms with Gasteiger partial charge in [-0.3, -0.25) is 19.5 Å². The number of hydrogen-bond donors (Lipinski definition) is 2. The second-order valence-electron chi connectivity index (χ2n) is 20.6. The zero-order valence-corrected chi connectivity index (χ0v) is 43.1. The Labute approximate surface area is 408 Å². The minimum Gasteiger partial charge on any atom is -0.444 e. The molecule has 2 N–H and O–H groups in total. The number of aromatic nitrogens is 2. The average Bonchev–Trinajstić information content (AvgIpc) is 3.26. The van der Waals surface area contributed by atoms with Gasteiger partial charge in [-0.25, -0.2) is 9.78 Å². The van der Waals surface area contributed by atoms with E-state index in [9.17, 15) is 14.4 Å². The number of hydrogen-bond acceptors (Lipinski definition) is 9. The molecule has 2 aliphatic rings. The maximum Gasteiger partial charge on any atom is 0.410 e. The SMILES string of the molecule is Cc1cc(C(=O)Nc2cccc(-c3cccc(NC(=O)c4ccc(CN(CCO[Si](C)(C)C(C)(C)C)C(=O)OC(C)(C)C)cn4)c3C)c2Cl)nc2c1CCN(C1CC(OCc3ccccc3)C1)C2. The molecule has 1 aliphatic carbocycles. The molecule has 360 valence electrons. The van der Waals surface area contributed by atoms with Gasteiger partial charge in [0.05, 0.1) is 42.3 Å². The third kappa shape index (κ3) is 12.4. The summed E-state index contributed by atoms with van der Waals surface area (Å²) >= 11 is 7.07. The molecule has 2 aromatic heterocycles. The Balaban J connectivity index is 0.977. The van der Waals surface area contributed by atoms with Crippen LogP contribution in [-0.2, 0) is 40.0 Å². The van der Waals surface area contributed by atoms with E-state index in [4.69, 9.17) is 30.5 Å². The van der Waals surface area contributed by atoms with Gasteiger partial charge in [-0.1, -0.05) is 93.0 Å². The maximum atomic E-state index is 13.9. The molecule has 12 nitrogen and oxygen atoms in total. The molecule has 1 saturated carbocycles. The monoisotopic (exact) mass is 958 g/mol. The number of ether oxygens (including phenoxy) is 2. The molecular weight excluding hydrogens is 892 g/mol. The largest absolute Gasteiger partial charge is 0.444 e. The van der Waals surface area contributed by atoms with E-state index in [1.54, 1.807) is 29.3 Å². The van der Waals surface area contributed by atoms with Crippen molar-refractivity contribution in [2.75, 3.05) is 30.3 Å². The Morgan fingerprint density at radius 3 is 2.19 bits per heavy atom. The molecule has 1 aliphatic heterocycles. The molecule has 0 unspecified atom stereocenters. The summed E-state index contributed by atoms with van der Waals surface area (Å²) in [6.45, 7) is 23.6. The number of carbonyl (C=O) groups excluding carboxylic acids is 3. The first-order chi connectivity index (χ1) is 32.2. The van der Waals surface area contributed by atoms with Gasteiger partial charge in [-0.2, -0.15) is 0 Å². The van der Waals surface area contributed by atoms with Crippen molar-refractivity contribution in [1.82, 2.24) is 19.8 Å². The van der Waals surface area contributed by atoms with Crippen LogP contribution in [0, 0.1) is 13.8 Å². The van der Waals surface area contributed by atoms with Gasteiger partial charge in [-0.05, 0) is 130 Å². The Morgan fingerprint density at radius 1 is 0.838 bits per heavy atom. The Bertz CT molecular complexity index is 2610. The minimum atomic E-state index is -2.03. The maximum absolute atomic E-state index is 13.9. The number of anilines is 2. The number of nitrogens with zero attached hydrogens (tertiary/aromatic N) is 4. The summed E-state index contributed by atoms with van der Waals surface area (Å²) in [4.78, 5) is 54.2. The lowest BCUT2D eigenvalue weighted by Crippen LogP contribution is -2.50. The quantitative estimate of drug-likeness (QED) is 0.0983. The highest BCUT2D eigenvalue weighted by molar-refractivity contribution is 6.74. The third-order valence-corrected chi connectivity index (χ3v) is 18.4. The molecule has 0 radical (unpaired) electrons. The van der Waals surface area contributed by atoms with E-state index in [-0.39, 0.29) is 29.3 Å². The van der Waals surface area contributed by atoms with Crippen LogP contribution in [0.5, 0.6) is 0 Å². The summed E-state index contributed by atoms with van der Waals surface area (Å²) in [5.41, 5.74) is 8.34. The van der Waals surface area contributed by atoms with E-state index >= 15 is 0 Å². The number of fused-ring (bicyclic) bond motifs is 1. The first-order valence-electron chi connectivity index (χ1n) is 23.6. The van der Waals surface area contributed by atoms with Crippen LogP contribution in [-0.4, -0.2) is 83.4 Å². The van der Waals surface area contributed by atoms with Gasteiger partial charge >= 0.3 is 6.09 Å². The van der Waals surface area contributed by atoms with E-state index in [2.05, 4.69) is 66.5 Å². The van der Waals surface area contributed by atoms with E-state index in [1.165, 1.54) is 11.1 Å². The summed E-state index contributed by atoms with van der Waals surface area (Å²) in [7, 11) is -2.03. The van der Waals surface area contributed by atoms with Crippen LogP contribution in [0.25, 0.3) is 11.1 Å². The summed E-state index contributed by atoms with van der Waals surface area (Å²) in [6, 6.07) is 27.1. The molecule has 5 aromatic rings. The third-order valence-electron chi connectivity index (χ3n) is 13.4. The number of nitrogens with one attached hydrogen (secondary N) is 2. The fraction of sp³-hybridized carbons (Fsp3) is 0.426. The van der Waals surface area contributed by atoms with Crippen molar-refractivity contribution in [3.63, 3.8) is 0 Å². The normalized spacial score (nSPS) is 16.3. The molecule has 0 bridgehead atoms. The van der Waals surface area contributed by atoms with Gasteiger partial charge in [0.25, 0.3) is 11.8 Å². The van der Waals surface area contributed by atoms with E-state index in [0.29, 0.717) is 60.0 Å². The van der Waals surface area contributed by atoms with Crippen molar-refractivity contribution < 1.29 is 28.3 Å².